The summed E-state index contributed by atoms with van der Waals surface area (Å²) in [6.07, 6.45) is 0.396. The standard InChI is InChI=1S/C16H19NO/c1-3-12-7-9-13(10-8-12)16(18)14-5-4-6-15(17)11(14)2/h4-10,16,18H,3,17H2,1-2H3. The van der Waals surface area contributed by atoms with Crippen LogP contribution >= 0.6 is 0 Å². The van der Waals surface area contributed by atoms with Crippen molar-refractivity contribution in [3.05, 3.63) is 64.7 Å². The van der Waals surface area contributed by atoms with E-state index in [-0.39, 0.29) is 0 Å². The maximum absolute atomic E-state index is 10.4. The molecule has 0 saturated heterocycles. The highest BCUT2D eigenvalue weighted by molar-refractivity contribution is 5.52. The molecule has 0 radical (unpaired) electrons. The largest absolute Gasteiger partial charge is 0.399 e. The number of aliphatic hydroxyl groups is 1. The summed E-state index contributed by atoms with van der Waals surface area (Å²) in [5, 5.41) is 10.4. The molecule has 0 aromatic heterocycles. The molecule has 94 valence electrons. The van der Waals surface area contributed by atoms with Gasteiger partial charge in [-0.1, -0.05) is 43.3 Å². The van der Waals surface area contributed by atoms with Crippen molar-refractivity contribution >= 4 is 5.69 Å². The minimum atomic E-state index is -0.612. The fourth-order valence-electron chi connectivity index (χ4n) is 2.08. The van der Waals surface area contributed by atoms with Crippen LogP contribution in [0, 0.1) is 6.92 Å². The van der Waals surface area contributed by atoms with Gasteiger partial charge in [-0.2, -0.15) is 0 Å². The van der Waals surface area contributed by atoms with Gasteiger partial charge in [0.15, 0.2) is 0 Å². The second-order valence-corrected chi connectivity index (χ2v) is 4.56. The first-order valence-corrected chi connectivity index (χ1v) is 6.25. The van der Waals surface area contributed by atoms with E-state index in [2.05, 4.69) is 19.1 Å². The molecule has 2 rings (SSSR count). The van der Waals surface area contributed by atoms with Crippen LogP contribution in [-0.4, -0.2) is 5.11 Å². The topological polar surface area (TPSA) is 46.2 Å². The molecule has 0 fully saturated rings. The van der Waals surface area contributed by atoms with Crippen molar-refractivity contribution in [3.8, 4) is 0 Å². The van der Waals surface area contributed by atoms with Crippen LogP contribution in [0.4, 0.5) is 5.69 Å². The van der Waals surface area contributed by atoms with E-state index in [4.69, 9.17) is 5.73 Å². The average Bonchev–Trinajstić information content (AvgIpc) is 2.41. The van der Waals surface area contributed by atoms with E-state index in [1.165, 1.54) is 5.56 Å². The highest BCUT2D eigenvalue weighted by Gasteiger charge is 2.13. The molecule has 2 aromatic rings. The van der Waals surface area contributed by atoms with Crippen LogP contribution in [0.5, 0.6) is 0 Å². The Hall–Kier alpha value is -1.80. The minimum Gasteiger partial charge on any atom is -0.399 e. The van der Waals surface area contributed by atoms with Gasteiger partial charge >= 0.3 is 0 Å². The molecule has 1 atom stereocenters. The molecular weight excluding hydrogens is 222 g/mol. The zero-order valence-electron chi connectivity index (χ0n) is 10.9. The van der Waals surface area contributed by atoms with Crippen LogP contribution in [0.2, 0.25) is 0 Å². The molecule has 1 unspecified atom stereocenters. The lowest BCUT2D eigenvalue weighted by molar-refractivity contribution is 0.219. The van der Waals surface area contributed by atoms with Crippen molar-refractivity contribution in [3.63, 3.8) is 0 Å². The summed E-state index contributed by atoms with van der Waals surface area (Å²) in [7, 11) is 0. The number of rotatable bonds is 3. The monoisotopic (exact) mass is 241 g/mol. The van der Waals surface area contributed by atoms with E-state index in [1.807, 2.05) is 37.3 Å². The lowest BCUT2D eigenvalue weighted by Gasteiger charge is -2.15. The van der Waals surface area contributed by atoms with Gasteiger partial charge < -0.3 is 10.8 Å². The third kappa shape index (κ3) is 2.39. The van der Waals surface area contributed by atoms with E-state index >= 15 is 0 Å². The minimum absolute atomic E-state index is 0.612. The Labute approximate surface area is 108 Å². The molecule has 0 amide bonds. The SMILES string of the molecule is CCc1ccc(C(O)c2cccc(N)c2C)cc1. The van der Waals surface area contributed by atoms with Gasteiger partial charge in [0, 0.05) is 5.69 Å². The molecule has 0 spiro atoms. The zero-order valence-corrected chi connectivity index (χ0v) is 10.9. The summed E-state index contributed by atoms with van der Waals surface area (Å²) in [5.74, 6) is 0. The highest BCUT2D eigenvalue weighted by atomic mass is 16.3. The average molecular weight is 241 g/mol. The van der Waals surface area contributed by atoms with Crippen molar-refractivity contribution in [1.82, 2.24) is 0 Å². The number of benzene rings is 2. The number of aliphatic hydroxyl groups excluding tert-OH is 1. The van der Waals surface area contributed by atoms with E-state index in [0.29, 0.717) is 0 Å². The molecule has 2 heteroatoms. The Morgan fingerprint density at radius 2 is 1.78 bits per heavy atom. The molecule has 0 bridgehead atoms. The number of anilines is 1. The van der Waals surface area contributed by atoms with Crippen molar-refractivity contribution in [2.24, 2.45) is 0 Å². The first-order valence-electron chi connectivity index (χ1n) is 6.25. The van der Waals surface area contributed by atoms with Gasteiger partial charge in [-0.05, 0) is 41.7 Å². The van der Waals surface area contributed by atoms with Gasteiger partial charge in [0.1, 0.15) is 6.10 Å². The second-order valence-electron chi connectivity index (χ2n) is 4.56. The van der Waals surface area contributed by atoms with Crippen LogP contribution in [0.3, 0.4) is 0 Å². The summed E-state index contributed by atoms with van der Waals surface area (Å²) in [4.78, 5) is 0. The number of hydrogen-bond donors (Lipinski definition) is 2. The van der Waals surface area contributed by atoms with Crippen LogP contribution in [0.25, 0.3) is 0 Å². The predicted octanol–water partition coefficient (Wildman–Crippen LogP) is 3.22. The van der Waals surface area contributed by atoms with Gasteiger partial charge in [-0.25, -0.2) is 0 Å². The summed E-state index contributed by atoms with van der Waals surface area (Å²) >= 11 is 0. The summed E-state index contributed by atoms with van der Waals surface area (Å²) in [6, 6.07) is 13.7. The molecule has 0 aliphatic heterocycles. The first-order chi connectivity index (χ1) is 8.63. The molecule has 0 heterocycles. The highest BCUT2D eigenvalue weighted by Crippen LogP contribution is 2.27. The Kier molecular flexibility index (Phi) is 3.68. The fraction of sp³-hybridized carbons (Fsp3) is 0.250. The molecule has 3 N–H and O–H groups in total. The van der Waals surface area contributed by atoms with Crippen molar-refractivity contribution in [2.45, 2.75) is 26.4 Å². The molecule has 0 saturated carbocycles. The first kappa shape index (κ1) is 12.7. The second kappa shape index (κ2) is 5.23. The van der Waals surface area contributed by atoms with E-state index in [9.17, 15) is 5.11 Å². The maximum atomic E-state index is 10.4. The predicted molar refractivity (Wildman–Crippen MR) is 75.5 cm³/mol. The molecule has 2 nitrogen and oxygen atoms in total. The van der Waals surface area contributed by atoms with Crippen LogP contribution in [-0.2, 0) is 6.42 Å². The Bertz CT molecular complexity index is 531. The number of nitrogen functional groups attached to an aromatic ring is 1. The number of hydrogen-bond acceptors (Lipinski definition) is 2. The normalized spacial score (nSPS) is 12.4. The van der Waals surface area contributed by atoms with E-state index < -0.39 is 6.10 Å². The Balaban J connectivity index is 2.35. The summed E-state index contributed by atoms with van der Waals surface area (Å²) in [6.45, 7) is 4.06. The molecule has 18 heavy (non-hydrogen) atoms. The fourth-order valence-corrected chi connectivity index (χ4v) is 2.08. The molecule has 0 aliphatic rings. The molecule has 0 aliphatic carbocycles. The quantitative estimate of drug-likeness (QED) is 0.810. The van der Waals surface area contributed by atoms with Crippen LogP contribution in [0.1, 0.15) is 35.3 Å². The third-order valence-electron chi connectivity index (χ3n) is 3.42. The Morgan fingerprint density at radius 1 is 1.11 bits per heavy atom. The van der Waals surface area contributed by atoms with Gasteiger partial charge in [0.2, 0.25) is 0 Å². The lowest BCUT2D eigenvalue weighted by atomic mass is 9.96. The van der Waals surface area contributed by atoms with Crippen LogP contribution < -0.4 is 5.73 Å². The third-order valence-corrected chi connectivity index (χ3v) is 3.42. The molecule has 2 aromatic carbocycles. The number of nitrogens with two attached hydrogens (primary N) is 1. The van der Waals surface area contributed by atoms with Gasteiger partial charge in [-0.15, -0.1) is 0 Å². The number of aryl methyl sites for hydroxylation is 1. The van der Waals surface area contributed by atoms with Gasteiger partial charge in [0.25, 0.3) is 0 Å². The van der Waals surface area contributed by atoms with E-state index in [0.717, 1.165) is 28.8 Å². The van der Waals surface area contributed by atoms with Gasteiger partial charge in [0.05, 0.1) is 0 Å². The smallest absolute Gasteiger partial charge is 0.104 e. The maximum Gasteiger partial charge on any atom is 0.104 e. The zero-order chi connectivity index (χ0) is 13.1. The lowest BCUT2D eigenvalue weighted by Crippen LogP contribution is -2.04. The van der Waals surface area contributed by atoms with Crippen molar-refractivity contribution < 1.29 is 5.11 Å². The van der Waals surface area contributed by atoms with Crippen molar-refractivity contribution in [2.75, 3.05) is 5.73 Å². The van der Waals surface area contributed by atoms with E-state index in [1.54, 1.807) is 0 Å². The van der Waals surface area contributed by atoms with Gasteiger partial charge in [-0.3, -0.25) is 0 Å². The molecular formula is C16H19NO. The summed E-state index contributed by atoms with van der Waals surface area (Å²) < 4.78 is 0. The Morgan fingerprint density at radius 3 is 2.39 bits per heavy atom. The van der Waals surface area contributed by atoms with Crippen molar-refractivity contribution in [1.29, 1.82) is 0 Å². The summed E-state index contributed by atoms with van der Waals surface area (Å²) in [5.41, 5.74) is 10.6. The van der Waals surface area contributed by atoms with Crippen LogP contribution in [0.15, 0.2) is 42.5 Å².